The fourth-order valence-electron chi connectivity index (χ4n) is 6.25. The van der Waals surface area contributed by atoms with Crippen molar-refractivity contribution in [1.29, 1.82) is 0 Å². The molecule has 2 heterocycles. The molecule has 2 N–H and O–H groups in total. The van der Waals surface area contributed by atoms with Gasteiger partial charge in [0.1, 0.15) is 6.54 Å². The highest BCUT2D eigenvalue weighted by molar-refractivity contribution is 5.85. The maximum absolute atomic E-state index is 12.1. The Morgan fingerprint density at radius 2 is 2.03 bits per heavy atom. The summed E-state index contributed by atoms with van der Waals surface area (Å²) in [7, 11) is 3.58. The number of likely N-dealkylation sites (tertiary alicyclic amines) is 1. The molecular weight excluding hydrogens is 366 g/mol. The van der Waals surface area contributed by atoms with Gasteiger partial charge in [-0.15, -0.1) is 0 Å². The molecule has 0 aromatic carbocycles. The molecule has 1 amide bonds. The molecule has 0 bridgehead atoms. The molecule has 2 aliphatic heterocycles. The predicted octanol–water partition coefficient (Wildman–Crippen LogP) is 1.44. The van der Waals surface area contributed by atoms with Crippen LogP contribution in [0.2, 0.25) is 0 Å². The first-order chi connectivity index (χ1) is 14.0. The van der Waals surface area contributed by atoms with Crippen LogP contribution in [0.25, 0.3) is 0 Å². The number of carbonyl (C=O) groups is 1. The number of hydrogen-bond donors (Lipinski definition) is 2. The largest absolute Gasteiger partial charge is 0.377 e. The van der Waals surface area contributed by atoms with Gasteiger partial charge in [-0.05, 0) is 45.2 Å². The highest BCUT2D eigenvalue weighted by Crippen LogP contribution is 2.60. The van der Waals surface area contributed by atoms with Gasteiger partial charge in [0.05, 0.1) is 6.10 Å². The molecule has 164 valence electrons. The van der Waals surface area contributed by atoms with Gasteiger partial charge in [0.2, 0.25) is 5.91 Å². The van der Waals surface area contributed by atoms with Crippen LogP contribution >= 0.6 is 0 Å². The van der Waals surface area contributed by atoms with Gasteiger partial charge in [0.25, 0.3) is 0 Å². The van der Waals surface area contributed by atoms with E-state index in [2.05, 4.69) is 22.5 Å². The summed E-state index contributed by atoms with van der Waals surface area (Å²) < 4.78 is 6.13. The molecule has 7 heteroatoms. The molecule has 7 nitrogen and oxygen atoms in total. The maximum atomic E-state index is 12.1. The maximum Gasteiger partial charge on any atom is 0.243 e. The van der Waals surface area contributed by atoms with Gasteiger partial charge >= 0.3 is 0 Å². The third-order valence-corrected chi connectivity index (χ3v) is 7.86. The molecule has 4 fully saturated rings. The first-order valence-corrected chi connectivity index (χ1v) is 11.7. The van der Waals surface area contributed by atoms with E-state index in [-0.39, 0.29) is 17.9 Å². The lowest BCUT2D eigenvalue weighted by atomic mass is 9.54. The number of nitrogens with one attached hydrogen (secondary N) is 2. The Balaban J connectivity index is 1.44. The number of ether oxygens (including phenoxy) is 1. The zero-order chi connectivity index (χ0) is 20.4. The van der Waals surface area contributed by atoms with Crippen LogP contribution in [0, 0.1) is 11.3 Å². The van der Waals surface area contributed by atoms with E-state index < -0.39 is 0 Å². The topological polar surface area (TPSA) is 69.2 Å². The molecule has 4 atom stereocenters. The van der Waals surface area contributed by atoms with E-state index in [1.54, 1.807) is 19.0 Å². The number of rotatable bonds is 6. The van der Waals surface area contributed by atoms with Gasteiger partial charge < -0.3 is 20.3 Å². The number of aliphatic imine (C=N–C) groups is 1. The Morgan fingerprint density at radius 3 is 2.76 bits per heavy atom. The Morgan fingerprint density at radius 1 is 1.24 bits per heavy atom. The van der Waals surface area contributed by atoms with Crippen molar-refractivity contribution in [3.63, 3.8) is 0 Å². The molecule has 0 radical (unpaired) electrons. The second-order valence-corrected chi connectivity index (χ2v) is 9.56. The standard InChI is InChI=1S/C22H39N5O2/c1-4-27-12-7-8-16(27)14-23-21(24-15-18(28)26(2)3)25-19-17-9-13-29-20(17)22(19)10-5-6-11-22/h16-17,19-20H,4-15H2,1-3H3,(H2,23,24,25). The van der Waals surface area contributed by atoms with Gasteiger partial charge in [-0.1, -0.05) is 19.8 Å². The van der Waals surface area contributed by atoms with Crippen LogP contribution in [-0.2, 0) is 9.53 Å². The summed E-state index contributed by atoms with van der Waals surface area (Å²) in [5.74, 6) is 1.43. The minimum atomic E-state index is 0.0356. The Hall–Kier alpha value is -1.34. The fraction of sp³-hybridized carbons (Fsp3) is 0.909. The SMILES string of the molecule is CCN1CCCC1CNC(=NCC(=O)N(C)C)NC1C2CCOC2C12CCCC2. The number of hydrogen-bond acceptors (Lipinski definition) is 4. The van der Waals surface area contributed by atoms with E-state index >= 15 is 0 Å². The van der Waals surface area contributed by atoms with Crippen molar-refractivity contribution in [2.45, 2.75) is 70.1 Å². The molecular formula is C22H39N5O2. The van der Waals surface area contributed by atoms with E-state index in [0.717, 1.165) is 32.1 Å². The van der Waals surface area contributed by atoms with Crippen molar-refractivity contribution in [3.05, 3.63) is 0 Å². The quantitative estimate of drug-likeness (QED) is 0.517. The van der Waals surface area contributed by atoms with Crippen molar-refractivity contribution in [2.24, 2.45) is 16.3 Å². The second kappa shape index (κ2) is 8.80. The monoisotopic (exact) mass is 405 g/mol. The first kappa shape index (κ1) is 20.9. The van der Waals surface area contributed by atoms with Crippen molar-refractivity contribution >= 4 is 11.9 Å². The lowest BCUT2D eigenvalue weighted by Gasteiger charge is -2.57. The lowest BCUT2D eigenvalue weighted by molar-refractivity contribution is -0.127. The van der Waals surface area contributed by atoms with Crippen molar-refractivity contribution in [1.82, 2.24) is 20.4 Å². The average molecular weight is 406 g/mol. The fourth-order valence-corrected chi connectivity index (χ4v) is 6.25. The van der Waals surface area contributed by atoms with Crippen LogP contribution < -0.4 is 10.6 Å². The highest BCUT2D eigenvalue weighted by atomic mass is 16.5. The molecule has 2 saturated heterocycles. The van der Waals surface area contributed by atoms with E-state index in [4.69, 9.17) is 9.73 Å². The van der Waals surface area contributed by atoms with Crippen LogP contribution in [0.5, 0.6) is 0 Å². The molecule has 1 spiro atoms. The smallest absolute Gasteiger partial charge is 0.243 e. The molecule has 4 rings (SSSR count). The highest BCUT2D eigenvalue weighted by Gasteiger charge is 2.65. The first-order valence-electron chi connectivity index (χ1n) is 11.7. The number of fused-ring (bicyclic) bond motifs is 2. The molecule has 4 aliphatic rings. The Bertz CT molecular complexity index is 616. The van der Waals surface area contributed by atoms with Gasteiger partial charge in [-0.2, -0.15) is 0 Å². The predicted molar refractivity (Wildman–Crippen MR) is 115 cm³/mol. The summed E-state index contributed by atoms with van der Waals surface area (Å²) in [6.45, 7) is 6.49. The lowest BCUT2D eigenvalue weighted by Crippen LogP contribution is -2.69. The summed E-state index contributed by atoms with van der Waals surface area (Å²) >= 11 is 0. The normalized spacial score (nSPS) is 33.6. The third-order valence-electron chi connectivity index (χ3n) is 7.86. The van der Waals surface area contributed by atoms with Crippen LogP contribution in [0.15, 0.2) is 4.99 Å². The number of amides is 1. The van der Waals surface area contributed by atoms with Crippen LogP contribution in [0.3, 0.4) is 0 Å². The number of nitrogens with zero attached hydrogens (tertiary/aromatic N) is 3. The summed E-state index contributed by atoms with van der Waals surface area (Å²) in [5.41, 5.74) is 0.276. The van der Waals surface area contributed by atoms with Gasteiger partial charge in [-0.3, -0.25) is 9.69 Å². The van der Waals surface area contributed by atoms with E-state index in [1.807, 2.05) is 0 Å². The average Bonchev–Trinajstić information content (AvgIpc) is 3.45. The molecule has 29 heavy (non-hydrogen) atoms. The zero-order valence-electron chi connectivity index (χ0n) is 18.5. The molecule has 2 aliphatic carbocycles. The number of carbonyl (C=O) groups excluding carboxylic acids is 1. The molecule has 4 unspecified atom stereocenters. The summed E-state index contributed by atoms with van der Waals surface area (Å²) in [5, 5.41) is 7.37. The minimum Gasteiger partial charge on any atom is -0.377 e. The minimum absolute atomic E-state index is 0.0356. The number of likely N-dealkylation sites (N-methyl/N-ethyl adjacent to an activating group) is 2. The van der Waals surface area contributed by atoms with Gasteiger partial charge in [-0.25, -0.2) is 4.99 Å². The molecule has 0 aromatic heterocycles. The van der Waals surface area contributed by atoms with Crippen molar-refractivity contribution in [3.8, 4) is 0 Å². The van der Waals surface area contributed by atoms with E-state index in [1.165, 1.54) is 45.1 Å². The number of guanidine groups is 1. The van der Waals surface area contributed by atoms with Gasteiger partial charge in [0, 0.05) is 50.7 Å². The second-order valence-electron chi connectivity index (χ2n) is 9.56. The van der Waals surface area contributed by atoms with Crippen molar-refractivity contribution in [2.75, 3.05) is 46.9 Å². The Kier molecular flexibility index (Phi) is 6.35. The molecule has 2 saturated carbocycles. The zero-order valence-corrected chi connectivity index (χ0v) is 18.5. The summed E-state index contributed by atoms with van der Waals surface area (Å²) in [4.78, 5) is 21.0. The van der Waals surface area contributed by atoms with E-state index in [0.29, 0.717) is 24.1 Å². The summed E-state index contributed by atoms with van der Waals surface area (Å²) in [6.07, 6.45) is 9.18. The van der Waals surface area contributed by atoms with Crippen LogP contribution in [0.1, 0.15) is 51.9 Å². The molecule has 0 aromatic rings. The van der Waals surface area contributed by atoms with E-state index in [9.17, 15) is 4.79 Å². The van der Waals surface area contributed by atoms with Crippen LogP contribution in [-0.4, -0.2) is 86.7 Å². The Labute approximate surface area is 175 Å². The summed E-state index contributed by atoms with van der Waals surface area (Å²) in [6, 6.07) is 0.977. The third kappa shape index (κ3) is 4.00. The van der Waals surface area contributed by atoms with Crippen LogP contribution in [0.4, 0.5) is 0 Å². The van der Waals surface area contributed by atoms with Gasteiger partial charge in [0.15, 0.2) is 5.96 Å². The van der Waals surface area contributed by atoms with Crippen molar-refractivity contribution < 1.29 is 9.53 Å².